The average molecular weight is 382 g/mol. The van der Waals surface area contributed by atoms with Gasteiger partial charge in [0.1, 0.15) is 6.54 Å². The number of nitrogens with zero attached hydrogens (tertiary/aromatic N) is 3. The molecule has 1 aromatic heterocycles. The molecule has 2 fully saturated rings. The fourth-order valence-electron chi connectivity index (χ4n) is 4.47. The monoisotopic (exact) mass is 382 g/mol. The van der Waals surface area contributed by atoms with E-state index in [0.717, 1.165) is 45.6 Å². The van der Waals surface area contributed by atoms with Crippen molar-refractivity contribution in [2.45, 2.75) is 32.9 Å². The largest absolute Gasteiger partial charge is 0.341 e. The Hall–Kier alpha value is -2.67. The van der Waals surface area contributed by atoms with Gasteiger partial charge in [-0.05, 0) is 31.9 Å². The number of carbonyl (C=O) groups excluding carboxylic acids is 1. The minimum atomic E-state index is -0.534. The van der Waals surface area contributed by atoms with Gasteiger partial charge in [-0.1, -0.05) is 30.3 Å². The number of aromatic nitrogens is 2. The van der Waals surface area contributed by atoms with Crippen molar-refractivity contribution < 1.29 is 4.79 Å². The highest BCUT2D eigenvalue weighted by molar-refractivity contribution is 5.76. The molecule has 2 aromatic rings. The number of benzene rings is 1. The van der Waals surface area contributed by atoms with Crippen LogP contribution in [-0.2, 0) is 17.9 Å². The Kier molecular flexibility index (Phi) is 4.93. The maximum Gasteiger partial charge on any atom is 0.328 e. The van der Waals surface area contributed by atoms with Crippen LogP contribution in [0.4, 0.5) is 0 Å². The molecule has 1 spiro atoms. The van der Waals surface area contributed by atoms with E-state index in [-0.39, 0.29) is 17.9 Å². The van der Waals surface area contributed by atoms with Crippen LogP contribution < -0.4 is 11.2 Å². The quantitative estimate of drug-likeness (QED) is 0.855. The van der Waals surface area contributed by atoms with E-state index in [0.29, 0.717) is 5.56 Å². The van der Waals surface area contributed by atoms with Crippen LogP contribution in [-0.4, -0.2) is 51.4 Å². The molecule has 28 heavy (non-hydrogen) atoms. The molecule has 7 nitrogen and oxygen atoms in total. The van der Waals surface area contributed by atoms with E-state index in [9.17, 15) is 14.4 Å². The van der Waals surface area contributed by atoms with Crippen molar-refractivity contribution in [1.29, 1.82) is 0 Å². The van der Waals surface area contributed by atoms with Crippen LogP contribution >= 0.6 is 0 Å². The zero-order valence-corrected chi connectivity index (χ0v) is 16.2. The molecular formula is C21H26N4O3. The number of amides is 1. The Labute approximate surface area is 163 Å². The number of likely N-dealkylation sites (tertiary alicyclic amines) is 2. The van der Waals surface area contributed by atoms with E-state index in [2.05, 4.69) is 34.1 Å². The Morgan fingerprint density at radius 2 is 1.86 bits per heavy atom. The first-order valence-electron chi connectivity index (χ1n) is 9.79. The van der Waals surface area contributed by atoms with Crippen molar-refractivity contribution >= 4 is 5.91 Å². The van der Waals surface area contributed by atoms with Gasteiger partial charge in [-0.3, -0.25) is 24.0 Å². The highest BCUT2D eigenvalue weighted by Gasteiger charge is 2.44. The van der Waals surface area contributed by atoms with Gasteiger partial charge in [-0.15, -0.1) is 0 Å². The summed E-state index contributed by atoms with van der Waals surface area (Å²) < 4.78 is 1.29. The maximum absolute atomic E-state index is 12.7. The van der Waals surface area contributed by atoms with Gasteiger partial charge in [0.2, 0.25) is 5.91 Å². The zero-order valence-electron chi connectivity index (χ0n) is 16.2. The van der Waals surface area contributed by atoms with Crippen LogP contribution in [0.2, 0.25) is 0 Å². The van der Waals surface area contributed by atoms with Crippen molar-refractivity contribution in [2.24, 2.45) is 5.41 Å². The number of hydrogen-bond donors (Lipinski definition) is 1. The SMILES string of the molecule is Cc1cn(CC(=O)N2CCC3(CCN(Cc4ccccc4)C3)C2)c(=O)[nH]c1=O. The van der Waals surface area contributed by atoms with Crippen molar-refractivity contribution in [3.05, 3.63) is 68.5 Å². The molecule has 0 radical (unpaired) electrons. The first-order chi connectivity index (χ1) is 13.4. The maximum atomic E-state index is 12.7. The number of rotatable bonds is 4. The number of aromatic amines is 1. The van der Waals surface area contributed by atoms with E-state index < -0.39 is 11.2 Å². The highest BCUT2D eigenvalue weighted by Crippen LogP contribution is 2.40. The molecule has 2 aliphatic heterocycles. The summed E-state index contributed by atoms with van der Waals surface area (Å²) in [5.41, 5.74) is 0.970. The van der Waals surface area contributed by atoms with E-state index in [1.54, 1.807) is 6.92 Å². The molecule has 3 heterocycles. The fraction of sp³-hybridized carbons (Fsp3) is 0.476. The molecule has 1 unspecified atom stereocenters. The van der Waals surface area contributed by atoms with Crippen LogP contribution in [0.15, 0.2) is 46.1 Å². The second kappa shape index (κ2) is 7.39. The van der Waals surface area contributed by atoms with E-state index >= 15 is 0 Å². The fourth-order valence-corrected chi connectivity index (χ4v) is 4.47. The molecule has 0 saturated carbocycles. The molecule has 0 bridgehead atoms. The smallest absolute Gasteiger partial charge is 0.328 e. The third-order valence-corrected chi connectivity index (χ3v) is 6.05. The average Bonchev–Trinajstić information content (AvgIpc) is 3.27. The lowest BCUT2D eigenvalue weighted by Gasteiger charge is -2.25. The molecule has 2 aliphatic rings. The van der Waals surface area contributed by atoms with Crippen molar-refractivity contribution in [1.82, 2.24) is 19.4 Å². The van der Waals surface area contributed by atoms with Crippen LogP contribution in [0.5, 0.6) is 0 Å². The molecule has 1 atom stereocenters. The predicted octanol–water partition coefficient (Wildman–Crippen LogP) is 0.970. The lowest BCUT2D eigenvalue weighted by molar-refractivity contribution is -0.131. The normalized spacial score (nSPS) is 22.2. The van der Waals surface area contributed by atoms with Crippen molar-refractivity contribution in [2.75, 3.05) is 26.2 Å². The summed E-state index contributed by atoms with van der Waals surface area (Å²) in [5, 5.41) is 0. The van der Waals surface area contributed by atoms with Gasteiger partial charge < -0.3 is 4.90 Å². The molecule has 148 valence electrons. The molecule has 1 aromatic carbocycles. The van der Waals surface area contributed by atoms with Gasteiger partial charge in [0.05, 0.1) is 0 Å². The Morgan fingerprint density at radius 1 is 1.11 bits per heavy atom. The summed E-state index contributed by atoms with van der Waals surface area (Å²) in [6.07, 6.45) is 3.56. The summed E-state index contributed by atoms with van der Waals surface area (Å²) in [4.78, 5) is 42.8. The number of H-pyrrole nitrogens is 1. The van der Waals surface area contributed by atoms with Crippen molar-refractivity contribution in [3.8, 4) is 0 Å². The van der Waals surface area contributed by atoms with E-state index in [1.807, 2.05) is 11.0 Å². The lowest BCUT2D eigenvalue weighted by Crippen LogP contribution is -2.39. The second-order valence-corrected chi connectivity index (χ2v) is 8.21. The number of nitrogens with one attached hydrogen (secondary N) is 1. The third-order valence-electron chi connectivity index (χ3n) is 6.05. The number of aryl methyl sites for hydroxylation is 1. The van der Waals surface area contributed by atoms with Gasteiger partial charge in [0.15, 0.2) is 0 Å². The minimum Gasteiger partial charge on any atom is -0.341 e. The first kappa shape index (κ1) is 18.7. The Morgan fingerprint density at radius 3 is 2.64 bits per heavy atom. The Bertz CT molecular complexity index is 981. The second-order valence-electron chi connectivity index (χ2n) is 8.21. The predicted molar refractivity (Wildman–Crippen MR) is 106 cm³/mol. The van der Waals surface area contributed by atoms with Crippen LogP contribution in [0.25, 0.3) is 0 Å². The summed E-state index contributed by atoms with van der Waals surface area (Å²) in [7, 11) is 0. The molecule has 0 aliphatic carbocycles. The van der Waals surface area contributed by atoms with Gasteiger partial charge >= 0.3 is 5.69 Å². The van der Waals surface area contributed by atoms with Crippen molar-refractivity contribution in [3.63, 3.8) is 0 Å². The Balaban J connectivity index is 1.37. The summed E-state index contributed by atoms with van der Waals surface area (Å²) >= 11 is 0. The lowest BCUT2D eigenvalue weighted by atomic mass is 9.86. The molecular weight excluding hydrogens is 356 g/mol. The zero-order chi connectivity index (χ0) is 19.7. The highest BCUT2D eigenvalue weighted by atomic mass is 16.2. The number of hydrogen-bond acceptors (Lipinski definition) is 4. The van der Waals surface area contributed by atoms with Crippen LogP contribution in [0, 0.1) is 12.3 Å². The van der Waals surface area contributed by atoms with Crippen LogP contribution in [0.3, 0.4) is 0 Å². The van der Waals surface area contributed by atoms with Gasteiger partial charge in [0.25, 0.3) is 5.56 Å². The number of carbonyl (C=O) groups is 1. The van der Waals surface area contributed by atoms with Crippen LogP contribution in [0.1, 0.15) is 24.0 Å². The molecule has 1 N–H and O–H groups in total. The molecule has 1 amide bonds. The molecule has 4 rings (SSSR count). The van der Waals surface area contributed by atoms with Gasteiger partial charge in [0, 0.05) is 43.4 Å². The third kappa shape index (κ3) is 3.80. The summed E-state index contributed by atoms with van der Waals surface area (Å²) in [5.74, 6) is -0.0630. The minimum absolute atomic E-state index is 0.0275. The first-order valence-corrected chi connectivity index (χ1v) is 9.79. The molecule has 2 saturated heterocycles. The standard InChI is InChI=1S/C21H26N4O3/c1-16-11-25(20(28)22-19(16)27)13-18(26)24-10-8-21(15-24)7-9-23(14-21)12-17-5-3-2-4-6-17/h2-6,11H,7-10,12-15H2,1H3,(H,22,27,28). The van der Waals surface area contributed by atoms with Gasteiger partial charge in [-0.2, -0.15) is 0 Å². The van der Waals surface area contributed by atoms with E-state index in [4.69, 9.17) is 0 Å². The molecule has 7 heteroatoms. The van der Waals surface area contributed by atoms with E-state index in [1.165, 1.54) is 16.3 Å². The topological polar surface area (TPSA) is 78.4 Å². The summed E-state index contributed by atoms with van der Waals surface area (Å²) in [6, 6.07) is 10.5. The summed E-state index contributed by atoms with van der Waals surface area (Å²) in [6.45, 7) is 6.08. The van der Waals surface area contributed by atoms with Gasteiger partial charge in [-0.25, -0.2) is 4.79 Å².